The summed E-state index contributed by atoms with van der Waals surface area (Å²) in [5.41, 5.74) is 7.15. The maximum atomic E-state index is 9.15. The van der Waals surface area contributed by atoms with Crippen molar-refractivity contribution in [3.63, 3.8) is 0 Å². The number of aliphatic hydroxyl groups is 1. The molecule has 1 aliphatic rings. The lowest BCUT2D eigenvalue weighted by atomic mass is 9.98. The molecule has 3 nitrogen and oxygen atoms in total. The average Bonchev–Trinajstić information content (AvgIpc) is 2.30. The largest absolute Gasteiger partial charge is 0.399 e. The SMILES string of the molecule is Nc1cc(Cl)c(N2CCCCC2CCO)c(Cl)c1. The molecule has 1 aromatic carbocycles. The lowest BCUT2D eigenvalue weighted by Crippen LogP contribution is -2.40. The molecular formula is C13H18Cl2N2O. The Bertz CT molecular complexity index is 400. The molecule has 1 heterocycles. The minimum absolute atomic E-state index is 0.186. The second-order valence-corrected chi connectivity index (χ2v) is 5.50. The molecule has 1 unspecified atom stereocenters. The van der Waals surface area contributed by atoms with E-state index in [1.807, 2.05) is 0 Å². The van der Waals surface area contributed by atoms with Crippen molar-refractivity contribution in [1.82, 2.24) is 0 Å². The Morgan fingerprint density at radius 1 is 1.28 bits per heavy atom. The van der Waals surface area contributed by atoms with E-state index in [9.17, 15) is 0 Å². The van der Waals surface area contributed by atoms with Crippen LogP contribution in [-0.2, 0) is 0 Å². The van der Waals surface area contributed by atoms with Crippen LogP contribution in [0.5, 0.6) is 0 Å². The molecule has 100 valence electrons. The van der Waals surface area contributed by atoms with E-state index < -0.39 is 0 Å². The lowest BCUT2D eigenvalue weighted by Gasteiger charge is -2.38. The second kappa shape index (κ2) is 6.00. The highest BCUT2D eigenvalue weighted by atomic mass is 35.5. The summed E-state index contributed by atoms with van der Waals surface area (Å²) in [5.74, 6) is 0. The standard InChI is InChI=1S/C13H18Cl2N2O/c14-11-7-9(16)8-12(15)13(11)17-5-2-1-3-10(17)4-6-18/h7-8,10,18H,1-6,16H2. The van der Waals surface area contributed by atoms with Crippen LogP contribution in [0, 0.1) is 0 Å². The summed E-state index contributed by atoms with van der Waals surface area (Å²) in [7, 11) is 0. The molecule has 18 heavy (non-hydrogen) atoms. The Hall–Kier alpha value is -0.640. The van der Waals surface area contributed by atoms with Crippen molar-refractivity contribution >= 4 is 34.6 Å². The molecule has 0 aliphatic carbocycles. The molecule has 0 radical (unpaired) electrons. The molecule has 0 aromatic heterocycles. The molecule has 1 fully saturated rings. The maximum absolute atomic E-state index is 9.15. The fraction of sp³-hybridized carbons (Fsp3) is 0.538. The van der Waals surface area contributed by atoms with Gasteiger partial charge in [-0.05, 0) is 37.8 Å². The summed E-state index contributed by atoms with van der Waals surface area (Å²) < 4.78 is 0. The number of piperidine rings is 1. The maximum Gasteiger partial charge on any atom is 0.0749 e. The molecular weight excluding hydrogens is 271 g/mol. The number of hydrogen-bond donors (Lipinski definition) is 2. The van der Waals surface area contributed by atoms with Crippen LogP contribution in [0.2, 0.25) is 10.0 Å². The molecule has 0 amide bonds. The number of halogens is 2. The summed E-state index contributed by atoms with van der Waals surface area (Å²) in [5, 5.41) is 10.3. The van der Waals surface area contributed by atoms with E-state index in [-0.39, 0.29) is 6.61 Å². The van der Waals surface area contributed by atoms with Gasteiger partial charge >= 0.3 is 0 Å². The molecule has 1 saturated heterocycles. The second-order valence-electron chi connectivity index (χ2n) is 4.69. The van der Waals surface area contributed by atoms with Crippen LogP contribution >= 0.6 is 23.2 Å². The molecule has 3 N–H and O–H groups in total. The van der Waals surface area contributed by atoms with Crippen molar-refractivity contribution in [1.29, 1.82) is 0 Å². The first kappa shape index (κ1) is 13.8. The first-order valence-corrected chi connectivity index (χ1v) is 7.01. The molecule has 0 saturated carbocycles. The first-order chi connectivity index (χ1) is 8.63. The minimum atomic E-state index is 0.186. The number of benzene rings is 1. The summed E-state index contributed by atoms with van der Waals surface area (Å²) in [6.45, 7) is 1.11. The van der Waals surface area contributed by atoms with Gasteiger partial charge in [-0.25, -0.2) is 0 Å². The number of nitrogens with zero attached hydrogens (tertiary/aromatic N) is 1. The van der Waals surface area contributed by atoms with Crippen molar-refractivity contribution in [2.75, 3.05) is 23.8 Å². The van der Waals surface area contributed by atoms with Gasteiger partial charge in [0.1, 0.15) is 0 Å². The number of hydrogen-bond acceptors (Lipinski definition) is 3. The van der Waals surface area contributed by atoms with E-state index in [0.717, 1.165) is 31.5 Å². The Morgan fingerprint density at radius 3 is 2.56 bits per heavy atom. The van der Waals surface area contributed by atoms with Crippen LogP contribution < -0.4 is 10.6 Å². The van der Waals surface area contributed by atoms with Gasteiger partial charge in [-0.15, -0.1) is 0 Å². The van der Waals surface area contributed by atoms with Gasteiger partial charge in [0, 0.05) is 24.9 Å². The topological polar surface area (TPSA) is 49.5 Å². The zero-order valence-electron chi connectivity index (χ0n) is 10.2. The predicted molar refractivity (Wildman–Crippen MR) is 77.6 cm³/mol. The Balaban J connectivity index is 2.33. The van der Waals surface area contributed by atoms with E-state index in [0.29, 0.717) is 21.8 Å². The Labute approximate surface area is 117 Å². The third-order valence-corrected chi connectivity index (χ3v) is 3.99. The van der Waals surface area contributed by atoms with Crippen molar-refractivity contribution < 1.29 is 5.11 Å². The third-order valence-electron chi connectivity index (χ3n) is 3.42. The number of anilines is 2. The predicted octanol–water partition coefficient (Wildman–Crippen LogP) is 3.32. The number of nitrogen functional groups attached to an aromatic ring is 1. The molecule has 0 bridgehead atoms. The van der Waals surface area contributed by atoms with E-state index in [2.05, 4.69) is 4.90 Å². The van der Waals surface area contributed by atoms with Crippen molar-refractivity contribution in [2.24, 2.45) is 0 Å². The fourth-order valence-corrected chi connectivity index (χ4v) is 3.32. The zero-order chi connectivity index (χ0) is 13.1. The van der Waals surface area contributed by atoms with Gasteiger partial charge in [-0.3, -0.25) is 0 Å². The zero-order valence-corrected chi connectivity index (χ0v) is 11.7. The summed E-state index contributed by atoms with van der Waals surface area (Å²) in [6, 6.07) is 3.77. The normalized spacial score (nSPS) is 20.2. The average molecular weight is 289 g/mol. The van der Waals surface area contributed by atoms with Crippen LogP contribution in [0.25, 0.3) is 0 Å². The number of aliphatic hydroxyl groups excluding tert-OH is 1. The van der Waals surface area contributed by atoms with Crippen molar-refractivity contribution in [3.8, 4) is 0 Å². The van der Waals surface area contributed by atoms with Gasteiger partial charge in [-0.1, -0.05) is 23.2 Å². The summed E-state index contributed by atoms with van der Waals surface area (Å²) in [4.78, 5) is 2.21. The van der Waals surface area contributed by atoms with Gasteiger partial charge in [0.15, 0.2) is 0 Å². The molecule has 1 aromatic rings. The highest BCUT2D eigenvalue weighted by Gasteiger charge is 2.25. The molecule has 0 spiro atoms. The van der Waals surface area contributed by atoms with Crippen molar-refractivity contribution in [2.45, 2.75) is 31.7 Å². The van der Waals surface area contributed by atoms with E-state index in [1.54, 1.807) is 12.1 Å². The quantitative estimate of drug-likeness (QED) is 0.839. The Morgan fingerprint density at radius 2 is 1.94 bits per heavy atom. The van der Waals surface area contributed by atoms with Gasteiger partial charge in [0.05, 0.1) is 15.7 Å². The van der Waals surface area contributed by atoms with Crippen LogP contribution in [-0.4, -0.2) is 24.3 Å². The van der Waals surface area contributed by atoms with Gasteiger partial charge < -0.3 is 15.7 Å². The van der Waals surface area contributed by atoms with Crippen LogP contribution in [0.4, 0.5) is 11.4 Å². The monoisotopic (exact) mass is 288 g/mol. The van der Waals surface area contributed by atoms with Crippen LogP contribution in [0.1, 0.15) is 25.7 Å². The molecule has 5 heteroatoms. The summed E-state index contributed by atoms with van der Waals surface area (Å²) >= 11 is 12.5. The van der Waals surface area contributed by atoms with Crippen molar-refractivity contribution in [3.05, 3.63) is 22.2 Å². The fourth-order valence-electron chi connectivity index (χ4n) is 2.60. The molecule has 2 rings (SSSR count). The van der Waals surface area contributed by atoms with E-state index in [1.165, 1.54) is 6.42 Å². The third kappa shape index (κ3) is 2.85. The van der Waals surface area contributed by atoms with Crippen LogP contribution in [0.3, 0.4) is 0 Å². The van der Waals surface area contributed by atoms with Crippen LogP contribution in [0.15, 0.2) is 12.1 Å². The van der Waals surface area contributed by atoms with Gasteiger partial charge in [0.25, 0.3) is 0 Å². The molecule has 1 atom stereocenters. The summed E-state index contributed by atoms with van der Waals surface area (Å²) in [6.07, 6.45) is 4.12. The first-order valence-electron chi connectivity index (χ1n) is 6.25. The van der Waals surface area contributed by atoms with Gasteiger partial charge in [-0.2, -0.15) is 0 Å². The number of rotatable bonds is 3. The Kier molecular flexibility index (Phi) is 4.60. The minimum Gasteiger partial charge on any atom is -0.399 e. The lowest BCUT2D eigenvalue weighted by molar-refractivity contribution is 0.262. The highest BCUT2D eigenvalue weighted by molar-refractivity contribution is 6.39. The van der Waals surface area contributed by atoms with Gasteiger partial charge in [0.2, 0.25) is 0 Å². The van der Waals surface area contributed by atoms with E-state index in [4.69, 9.17) is 34.0 Å². The number of nitrogens with two attached hydrogens (primary N) is 1. The smallest absolute Gasteiger partial charge is 0.0749 e. The van der Waals surface area contributed by atoms with E-state index >= 15 is 0 Å². The highest BCUT2D eigenvalue weighted by Crippen LogP contribution is 2.39. The molecule has 1 aliphatic heterocycles.